The number of halogens is 2. The van der Waals surface area contributed by atoms with E-state index in [1.807, 2.05) is 19.1 Å². The van der Waals surface area contributed by atoms with Crippen LogP contribution < -0.4 is 10.1 Å². The normalized spacial score (nSPS) is 10.6. The van der Waals surface area contributed by atoms with Crippen molar-refractivity contribution >= 4 is 45.2 Å². The molecule has 2 aromatic carbocycles. The molecule has 0 fully saturated rings. The molecule has 0 aliphatic heterocycles. The van der Waals surface area contributed by atoms with Crippen molar-refractivity contribution < 1.29 is 9.53 Å². The molecule has 2 rings (SSSR count). The van der Waals surface area contributed by atoms with Gasteiger partial charge in [-0.05, 0) is 64.3 Å². The van der Waals surface area contributed by atoms with Crippen molar-refractivity contribution in [3.8, 4) is 17.9 Å². The summed E-state index contributed by atoms with van der Waals surface area (Å²) < 4.78 is 5.85. The Labute approximate surface area is 164 Å². The Morgan fingerprint density at radius 2 is 2.08 bits per heavy atom. The van der Waals surface area contributed by atoms with Crippen LogP contribution in [-0.2, 0) is 4.79 Å². The molecule has 7 heteroatoms. The summed E-state index contributed by atoms with van der Waals surface area (Å²) in [5.41, 5.74) is 1.98. The van der Waals surface area contributed by atoms with Gasteiger partial charge in [-0.1, -0.05) is 23.7 Å². The molecule has 0 saturated carbocycles. The zero-order valence-electron chi connectivity index (χ0n) is 13.7. The van der Waals surface area contributed by atoms with E-state index in [9.17, 15) is 10.1 Å². The number of carbonyl (C=O) groups excluding carboxylic acids is 1. The third kappa shape index (κ3) is 5.10. The predicted octanol–water partition coefficient (Wildman–Crippen LogP) is 4.86. The topological polar surface area (TPSA) is 85.9 Å². The molecule has 0 aromatic heterocycles. The van der Waals surface area contributed by atoms with Crippen molar-refractivity contribution in [1.29, 1.82) is 10.5 Å². The Bertz CT molecular complexity index is 958. The van der Waals surface area contributed by atoms with Crippen LogP contribution in [-0.4, -0.2) is 12.5 Å². The molecule has 0 saturated heterocycles. The first-order valence-electron chi connectivity index (χ1n) is 7.43. The van der Waals surface area contributed by atoms with Gasteiger partial charge < -0.3 is 10.1 Å². The number of hydrogen-bond donors (Lipinski definition) is 1. The maximum Gasteiger partial charge on any atom is 0.266 e. The van der Waals surface area contributed by atoms with Gasteiger partial charge in [-0.2, -0.15) is 10.5 Å². The monoisotopic (exact) mass is 429 g/mol. The van der Waals surface area contributed by atoms with Crippen molar-refractivity contribution in [2.75, 3.05) is 11.9 Å². The van der Waals surface area contributed by atoms with Crippen molar-refractivity contribution in [3.05, 3.63) is 62.6 Å². The van der Waals surface area contributed by atoms with Crippen LogP contribution in [0.4, 0.5) is 5.69 Å². The minimum Gasteiger partial charge on any atom is -0.478 e. The number of hydrogen-bond acceptors (Lipinski definition) is 4. The highest BCUT2D eigenvalue weighted by Crippen LogP contribution is 2.27. The molecule has 5 nitrogen and oxygen atoms in total. The maximum atomic E-state index is 12.3. The van der Waals surface area contributed by atoms with E-state index in [1.54, 1.807) is 36.4 Å². The van der Waals surface area contributed by atoms with E-state index in [1.165, 1.54) is 6.08 Å². The number of nitrogens with one attached hydrogen (secondary N) is 1. The van der Waals surface area contributed by atoms with Crippen molar-refractivity contribution in [1.82, 2.24) is 0 Å². The molecule has 26 heavy (non-hydrogen) atoms. The summed E-state index contributed by atoms with van der Waals surface area (Å²) in [6.07, 6.45) is 1.46. The first-order valence-corrected chi connectivity index (χ1v) is 8.60. The van der Waals surface area contributed by atoms with E-state index in [-0.39, 0.29) is 12.2 Å². The van der Waals surface area contributed by atoms with Gasteiger partial charge in [0.2, 0.25) is 0 Å². The van der Waals surface area contributed by atoms with Crippen LogP contribution in [0.5, 0.6) is 5.75 Å². The van der Waals surface area contributed by atoms with Crippen LogP contribution in [0.15, 0.2) is 46.4 Å². The third-order valence-electron chi connectivity index (χ3n) is 3.35. The van der Waals surface area contributed by atoms with Crippen LogP contribution in [0.2, 0.25) is 5.02 Å². The molecule has 0 radical (unpaired) electrons. The molecule has 0 atom stereocenters. The molecule has 2 aromatic rings. The van der Waals surface area contributed by atoms with Gasteiger partial charge in [0, 0.05) is 10.7 Å². The molecule has 0 unspecified atom stereocenters. The molecule has 1 amide bonds. The summed E-state index contributed by atoms with van der Waals surface area (Å²) in [5, 5.41) is 21.0. The van der Waals surface area contributed by atoms with E-state index < -0.39 is 5.91 Å². The smallest absolute Gasteiger partial charge is 0.266 e. The van der Waals surface area contributed by atoms with Gasteiger partial charge in [-0.3, -0.25) is 4.79 Å². The molecule has 0 spiro atoms. The summed E-state index contributed by atoms with van der Waals surface area (Å²) in [6, 6.07) is 13.9. The number of rotatable bonds is 5. The number of anilines is 1. The second-order valence-electron chi connectivity index (χ2n) is 5.22. The SMILES string of the molecule is Cc1ccc(NC(=O)/C(C#N)=C\c2ccc(OCC#N)c(Br)c2)cc1Cl. The first-order chi connectivity index (χ1) is 12.4. The van der Waals surface area contributed by atoms with Gasteiger partial charge in [-0.15, -0.1) is 0 Å². The average Bonchev–Trinajstić information content (AvgIpc) is 2.62. The minimum atomic E-state index is -0.534. The number of carbonyl (C=O) groups is 1. The summed E-state index contributed by atoms with van der Waals surface area (Å²) >= 11 is 9.37. The van der Waals surface area contributed by atoms with Gasteiger partial charge >= 0.3 is 0 Å². The maximum absolute atomic E-state index is 12.3. The molecule has 0 aliphatic rings. The zero-order chi connectivity index (χ0) is 19.1. The molecule has 0 heterocycles. The number of nitriles is 2. The predicted molar refractivity (Wildman–Crippen MR) is 104 cm³/mol. The highest BCUT2D eigenvalue weighted by Gasteiger charge is 2.11. The lowest BCUT2D eigenvalue weighted by Gasteiger charge is -2.07. The fraction of sp³-hybridized carbons (Fsp3) is 0.105. The largest absolute Gasteiger partial charge is 0.478 e. The number of benzene rings is 2. The lowest BCUT2D eigenvalue weighted by molar-refractivity contribution is -0.112. The number of nitrogens with zero attached hydrogens (tertiary/aromatic N) is 2. The van der Waals surface area contributed by atoms with Crippen molar-refractivity contribution in [2.24, 2.45) is 0 Å². The quantitative estimate of drug-likeness (QED) is 0.542. The van der Waals surface area contributed by atoms with Crippen molar-refractivity contribution in [2.45, 2.75) is 6.92 Å². The second-order valence-corrected chi connectivity index (χ2v) is 6.49. The van der Waals surface area contributed by atoms with Gasteiger partial charge in [0.25, 0.3) is 5.91 Å². The Hall–Kier alpha value is -2.80. The summed E-state index contributed by atoms with van der Waals surface area (Å²) in [5.74, 6) is -0.0331. The highest BCUT2D eigenvalue weighted by molar-refractivity contribution is 9.10. The van der Waals surface area contributed by atoms with E-state index in [2.05, 4.69) is 21.2 Å². The van der Waals surface area contributed by atoms with Gasteiger partial charge in [-0.25, -0.2) is 0 Å². The van der Waals surface area contributed by atoms with Gasteiger partial charge in [0.1, 0.15) is 23.5 Å². The molecule has 130 valence electrons. The molecular formula is C19H13BrClN3O2. The first kappa shape index (κ1) is 19.5. The average molecular weight is 431 g/mol. The molecule has 0 bridgehead atoms. The Balaban J connectivity index is 2.20. The van der Waals surface area contributed by atoms with E-state index in [4.69, 9.17) is 21.6 Å². The molecule has 0 aliphatic carbocycles. The Morgan fingerprint density at radius 3 is 2.69 bits per heavy atom. The van der Waals surface area contributed by atoms with Crippen LogP contribution in [0, 0.1) is 29.6 Å². The van der Waals surface area contributed by atoms with Gasteiger partial charge in [0.05, 0.1) is 4.47 Å². The van der Waals surface area contributed by atoms with Crippen LogP contribution in [0.25, 0.3) is 6.08 Å². The van der Waals surface area contributed by atoms with E-state index in [0.717, 1.165) is 5.56 Å². The van der Waals surface area contributed by atoms with Crippen molar-refractivity contribution in [3.63, 3.8) is 0 Å². The van der Waals surface area contributed by atoms with E-state index in [0.29, 0.717) is 26.5 Å². The fourth-order valence-corrected chi connectivity index (χ4v) is 2.71. The summed E-state index contributed by atoms with van der Waals surface area (Å²) in [4.78, 5) is 12.3. The summed E-state index contributed by atoms with van der Waals surface area (Å²) in [7, 11) is 0. The minimum absolute atomic E-state index is 0.0562. The lowest BCUT2D eigenvalue weighted by Crippen LogP contribution is -2.13. The number of amides is 1. The molecule has 1 N–H and O–H groups in total. The third-order valence-corrected chi connectivity index (χ3v) is 4.38. The fourth-order valence-electron chi connectivity index (χ4n) is 2.02. The number of aryl methyl sites for hydroxylation is 1. The van der Waals surface area contributed by atoms with Crippen LogP contribution in [0.3, 0.4) is 0 Å². The standard InChI is InChI=1S/C19H13BrClN3O2/c1-12-2-4-15(10-17(12)21)24-19(25)14(11-23)8-13-3-5-18(16(20)9-13)26-7-6-22/h2-5,8-10H,7H2,1H3,(H,24,25)/b14-8-. The molecular weight excluding hydrogens is 418 g/mol. The second kappa shape index (κ2) is 9.05. The highest BCUT2D eigenvalue weighted by atomic mass is 79.9. The Kier molecular flexibility index (Phi) is 6.80. The number of ether oxygens (including phenoxy) is 1. The van der Waals surface area contributed by atoms with Crippen LogP contribution in [0.1, 0.15) is 11.1 Å². The Morgan fingerprint density at radius 1 is 1.31 bits per heavy atom. The van der Waals surface area contributed by atoms with E-state index >= 15 is 0 Å². The zero-order valence-corrected chi connectivity index (χ0v) is 16.1. The lowest BCUT2D eigenvalue weighted by atomic mass is 10.1. The van der Waals surface area contributed by atoms with Gasteiger partial charge in [0.15, 0.2) is 6.61 Å². The summed E-state index contributed by atoms with van der Waals surface area (Å²) in [6.45, 7) is 1.79. The van der Waals surface area contributed by atoms with Crippen LogP contribution >= 0.6 is 27.5 Å².